The Morgan fingerprint density at radius 1 is 1.17 bits per heavy atom. The summed E-state index contributed by atoms with van der Waals surface area (Å²) in [5.41, 5.74) is 0.376. The highest BCUT2D eigenvalue weighted by Crippen LogP contribution is 2.16. The van der Waals surface area contributed by atoms with Crippen molar-refractivity contribution in [1.82, 2.24) is 4.57 Å². The lowest BCUT2D eigenvalue weighted by atomic mass is 10.2. The molecule has 4 nitrogen and oxygen atoms in total. The Hall–Kier alpha value is -2.66. The molecule has 0 unspecified atom stereocenters. The molecule has 1 aromatic heterocycles. The van der Waals surface area contributed by atoms with Gasteiger partial charge in [0.15, 0.2) is 5.43 Å². The lowest BCUT2D eigenvalue weighted by Gasteiger charge is -2.11. The molecule has 0 aliphatic heterocycles. The number of halogens is 2. The van der Waals surface area contributed by atoms with Crippen LogP contribution in [0.5, 0.6) is 0 Å². The molecule has 3 aromatic rings. The highest BCUT2D eigenvalue weighted by molar-refractivity contribution is 6.30. The summed E-state index contributed by atoms with van der Waals surface area (Å²) in [7, 11) is 0. The van der Waals surface area contributed by atoms with Gasteiger partial charge >= 0.3 is 0 Å². The second-order valence-electron chi connectivity index (χ2n) is 5.00. The quantitative estimate of drug-likeness (QED) is 0.800. The summed E-state index contributed by atoms with van der Waals surface area (Å²) < 4.78 is 15.5. The van der Waals surface area contributed by atoms with Gasteiger partial charge in [0.25, 0.3) is 0 Å². The zero-order chi connectivity index (χ0) is 16.4. The second kappa shape index (κ2) is 6.22. The minimum Gasteiger partial charge on any atom is -0.335 e. The zero-order valence-electron chi connectivity index (χ0n) is 11.9. The standard InChI is InChI=1S/C17H12ClFN2O2/c18-11-3-1-4-12(9-11)20-16(23)10-21-8-7-15(22)13-5-2-6-14(19)17(13)21/h1-9H,10H2,(H,20,23). The number of para-hydroxylation sites is 1. The topological polar surface area (TPSA) is 51.1 Å². The first-order chi connectivity index (χ1) is 11.0. The third kappa shape index (κ3) is 3.24. The van der Waals surface area contributed by atoms with Crippen LogP contribution in [0, 0.1) is 5.82 Å². The number of pyridine rings is 1. The van der Waals surface area contributed by atoms with E-state index >= 15 is 0 Å². The number of carbonyl (C=O) groups is 1. The van der Waals surface area contributed by atoms with Gasteiger partial charge in [-0.1, -0.05) is 23.7 Å². The number of nitrogens with one attached hydrogen (secondary N) is 1. The van der Waals surface area contributed by atoms with Crippen molar-refractivity contribution in [3.63, 3.8) is 0 Å². The molecule has 1 heterocycles. The number of fused-ring (bicyclic) bond motifs is 1. The molecule has 1 N–H and O–H groups in total. The Kier molecular flexibility index (Phi) is 4.12. The average Bonchev–Trinajstić information content (AvgIpc) is 2.50. The van der Waals surface area contributed by atoms with E-state index in [4.69, 9.17) is 11.6 Å². The summed E-state index contributed by atoms with van der Waals surface area (Å²) in [6, 6.07) is 12.3. The number of rotatable bonds is 3. The molecule has 0 radical (unpaired) electrons. The van der Waals surface area contributed by atoms with Crippen molar-refractivity contribution >= 4 is 34.1 Å². The van der Waals surface area contributed by atoms with Gasteiger partial charge in [-0.15, -0.1) is 0 Å². The summed E-state index contributed by atoms with van der Waals surface area (Å²) in [4.78, 5) is 24.0. The number of benzene rings is 2. The maximum Gasteiger partial charge on any atom is 0.244 e. The van der Waals surface area contributed by atoms with Gasteiger partial charge in [-0.2, -0.15) is 0 Å². The summed E-state index contributed by atoms with van der Waals surface area (Å²) in [5, 5.41) is 3.43. The highest BCUT2D eigenvalue weighted by atomic mass is 35.5. The van der Waals surface area contributed by atoms with Crippen molar-refractivity contribution in [3.05, 3.63) is 75.8 Å². The van der Waals surface area contributed by atoms with Crippen LogP contribution in [0.3, 0.4) is 0 Å². The van der Waals surface area contributed by atoms with Crippen molar-refractivity contribution in [1.29, 1.82) is 0 Å². The summed E-state index contributed by atoms with van der Waals surface area (Å²) in [5.74, 6) is -0.892. The lowest BCUT2D eigenvalue weighted by molar-refractivity contribution is -0.116. The number of hydrogen-bond donors (Lipinski definition) is 1. The number of anilines is 1. The summed E-state index contributed by atoms with van der Waals surface area (Å²) >= 11 is 5.86. The van der Waals surface area contributed by atoms with E-state index in [1.165, 1.54) is 35.0 Å². The van der Waals surface area contributed by atoms with E-state index in [2.05, 4.69) is 5.32 Å². The van der Waals surface area contributed by atoms with Gasteiger partial charge in [0.1, 0.15) is 12.4 Å². The van der Waals surface area contributed by atoms with E-state index < -0.39 is 5.82 Å². The molecule has 0 bridgehead atoms. The SMILES string of the molecule is O=C(Cn1ccc(=O)c2cccc(F)c21)Nc1cccc(Cl)c1. The largest absolute Gasteiger partial charge is 0.335 e. The van der Waals surface area contributed by atoms with E-state index in [1.54, 1.807) is 24.3 Å². The fourth-order valence-electron chi connectivity index (χ4n) is 2.38. The fourth-order valence-corrected chi connectivity index (χ4v) is 2.57. The summed E-state index contributed by atoms with van der Waals surface area (Å²) in [6.07, 6.45) is 1.41. The van der Waals surface area contributed by atoms with E-state index in [0.29, 0.717) is 10.7 Å². The fraction of sp³-hybridized carbons (Fsp3) is 0.0588. The molecule has 0 atom stereocenters. The highest BCUT2D eigenvalue weighted by Gasteiger charge is 2.11. The predicted octanol–water partition coefficient (Wildman–Crippen LogP) is 3.43. The third-order valence-electron chi connectivity index (χ3n) is 3.37. The van der Waals surface area contributed by atoms with Crippen molar-refractivity contribution in [2.75, 3.05) is 5.32 Å². The molecular weight excluding hydrogens is 319 g/mol. The first kappa shape index (κ1) is 15.2. The lowest BCUT2D eigenvalue weighted by Crippen LogP contribution is -2.20. The monoisotopic (exact) mass is 330 g/mol. The minimum absolute atomic E-state index is 0.112. The Bertz CT molecular complexity index is 953. The number of hydrogen-bond acceptors (Lipinski definition) is 2. The number of nitrogens with zero attached hydrogens (tertiary/aromatic N) is 1. The van der Waals surface area contributed by atoms with Gasteiger partial charge in [-0.3, -0.25) is 9.59 Å². The van der Waals surface area contributed by atoms with Crippen molar-refractivity contribution < 1.29 is 9.18 Å². The molecule has 2 aromatic carbocycles. The molecule has 3 rings (SSSR count). The normalized spacial score (nSPS) is 10.7. The Balaban J connectivity index is 1.91. The van der Waals surface area contributed by atoms with E-state index in [-0.39, 0.29) is 28.8 Å². The van der Waals surface area contributed by atoms with Gasteiger partial charge < -0.3 is 9.88 Å². The zero-order valence-corrected chi connectivity index (χ0v) is 12.7. The Morgan fingerprint density at radius 3 is 2.74 bits per heavy atom. The van der Waals surface area contributed by atoms with Crippen molar-refractivity contribution in [2.45, 2.75) is 6.54 Å². The van der Waals surface area contributed by atoms with Crippen LogP contribution in [0.25, 0.3) is 10.9 Å². The van der Waals surface area contributed by atoms with Crippen molar-refractivity contribution in [2.24, 2.45) is 0 Å². The van der Waals surface area contributed by atoms with Gasteiger partial charge in [0, 0.05) is 28.4 Å². The van der Waals surface area contributed by atoms with Gasteiger partial charge in [-0.05, 0) is 30.3 Å². The molecule has 6 heteroatoms. The third-order valence-corrected chi connectivity index (χ3v) is 3.60. The first-order valence-electron chi connectivity index (χ1n) is 6.88. The molecule has 0 spiro atoms. The van der Waals surface area contributed by atoms with Crippen LogP contribution in [0.1, 0.15) is 0 Å². The maximum atomic E-state index is 14.0. The van der Waals surface area contributed by atoms with Crippen LogP contribution in [-0.4, -0.2) is 10.5 Å². The van der Waals surface area contributed by atoms with E-state index in [0.717, 1.165) is 0 Å². The molecular formula is C17H12ClFN2O2. The molecule has 0 saturated heterocycles. The van der Waals surface area contributed by atoms with Gasteiger partial charge in [-0.25, -0.2) is 4.39 Å². The van der Waals surface area contributed by atoms with Crippen molar-refractivity contribution in [3.8, 4) is 0 Å². The minimum atomic E-state index is -0.546. The molecule has 0 aliphatic rings. The first-order valence-corrected chi connectivity index (χ1v) is 7.25. The summed E-state index contributed by atoms with van der Waals surface area (Å²) in [6.45, 7) is -0.121. The Labute approximate surface area is 136 Å². The average molecular weight is 331 g/mol. The molecule has 0 saturated carbocycles. The number of aromatic nitrogens is 1. The maximum absolute atomic E-state index is 14.0. The number of amides is 1. The van der Waals surface area contributed by atoms with Crippen LogP contribution in [0.2, 0.25) is 5.02 Å². The molecule has 0 aliphatic carbocycles. The molecule has 1 amide bonds. The smallest absolute Gasteiger partial charge is 0.244 e. The van der Waals surface area contributed by atoms with Crippen LogP contribution in [0.15, 0.2) is 59.5 Å². The van der Waals surface area contributed by atoms with E-state index in [1.807, 2.05) is 0 Å². The number of carbonyl (C=O) groups excluding carboxylic acids is 1. The molecule has 116 valence electrons. The van der Waals surface area contributed by atoms with Gasteiger partial charge in [0.05, 0.1) is 5.52 Å². The van der Waals surface area contributed by atoms with Crippen LogP contribution >= 0.6 is 11.6 Å². The second-order valence-corrected chi connectivity index (χ2v) is 5.44. The van der Waals surface area contributed by atoms with Crippen LogP contribution in [-0.2, 0) is 11.3 Å². The van der Waals surface area contributed by atoms with Crippen LogP contribution in [0.4, 0.5) is 10.1 Å². The van der Waals surface area contributed by atoms with E-state index in [9.17, 15) is 14.0 Å². The van der Waals surface area contributed by atoms with Gasteiger partial charge in [0.2, 0.25) is 5.91 Å². The molecule has 23 heavy (non-hydrogen) atoms. The predicted molar refractivity (Wildman–Crippen MR) is 88.2 cm³/mol. The molecule has 0 fully saturated rings. The Morgan fingerprint density at radius 2 is 1.96 bits per heavy atom. The van der Waals surface area contributed by atoms with Crippen LogP contribution < -0.4 is 10.7 Å².